The summed E-state index contributed by atoms with van der Waals surface area (Å²) in [7, 11) is 0. The van der Waals surface area contributed by atoms with Gasteiger partial charge < -0.3 is 24.8 Å². The molecule has 1 aromatic rings. The Kier molecular flexibility index (Phi) is 4.62. The van der Waals surface area contributed by atoms with Crippen LogP contribution in [0, 0.1) is 5.92 Å². The van der Waals surface area contributed by atoms with Crippen molar-refractivity contribution in [3.63, 3.8) is 0 Å². The van der Waals surface area contributed by atoms with E-state index in [1.165, 1.54) is 12.1 Å². The molecule has 1 atom stereocenters. The summed E-state index contributed by atoms with van der Waals surface area (Å²) in [5, 5.41) is 20.5. The second-order valence-corrected chi connectivity index (χ2v) is 4.87. The fraction of sp³-hybridized carbons (Fsp3) is 0.538. The van der Waals surface area contributed by atoms with Crippen LogP contribution in [0.15, 0.2) is 16.5 Å². The first kappa shape index (κ1) is 14.4. The number of likely N-dealkylation sites (tertiary alicyclic amines) is 1. The lowest BCUT2D eigenvalue weighted by atomic mass is 9.99. The molecule has 0 aliphatic carbocycles. The van der Waals surface area contributed by atoms with E-state index in [-0.39, 0.29) is 30.9 Å². The van der Waals surface area contributed by atoms with Crippen LogP contribution in [0.25, 0.3) is 0 Å². The molecule has 20 heavy (non-hydrogen) atoms. The van der Waals surface area contributed by atoms with Crippen molar-refractivity contribution in [3.05, 3.63) is 23.7 Å². The third kappa shape index (κ3) is 3.51. The normalized spacial score (nSPS) is 18.9. The Labute approximate surface area is 116 Å². The van der Waals surface area contributed by atoms with E-state index in [1.807, 2.05) is 0 Å². The molecule has 2 rings (SSSR count). The van der Waals surface area contributed by atoms with Crippen LogP contribution in [0.5, 0.6) is 0 Å². The van der Waals surface area contributed by atoms with Crippen molar-refractivity contribution in [2.24, 2.45) is 5.92 Å². The fourth-order valence-electron chi connectivity index (χ4n) is 2.26. The molecule has 1 aromatic heterocycles. The lowest BCUT2D eigenvalue weighted by Crippen LogP contribution is -2.45. The van der Waals surface area contributed by atoms with Gasteiger partial charge in [0.25, 0.3) is 0 Å². The highest BCUT2D eigenvalue weighted by Gasteiger charge is 2.23. The number of nitrogens with zero attached hydrogens (tertiary/aromatic N) is 1. The average molecular weight is 282 g/mol. The van der Waals surface area contributed by atoms with Crippen LogP contribution in [-0.2, 0) is 6.54 Å². The summed E-state index contributed by atoms with van der Waals surface area (Å²) in [6.45, 7) is 1.44. The van der Waals surface area contributed by atoms with Gasteiger partial charge in [0, 0.05) is 19.7 Å². The number of aliphatic hydroxyl groups excluding tert-OH is 1. The predicted octanol–water partition coefficient (Wildman–Crippen LogP) is 0.892. The number of carbonyl (C=O) groups excluding carboxylic acids is 1. The maximum atomic E-state index is 11.9. The van der Waals surface area contributed by atoms with Gasteiger partial charge >= 0.3 is 12.0 Å². The first-order chi connectivity index (χ1) is 9.60. The number of amides is 2. The van der Waals surface area contributed by atoms with Gasteiger partial charge in [-0.2, -0.15) is 0 Å². The number of aliphatic hydroxyl groups is 1. The lowest BCUT2D eigenvalue weighted by Gasteiger charge is -2.31. The minimum absolute atomic E-state index is 0.0872. The van der Waals surface area contributed by atoms with E-state index in [0.29, 0.717) is 18.8 Å². The van der Waals surface area contributed by atoms with E-state index in [9.17, 15) is 9.59 Å². The van der Waals surface area contributed by atoms with E-state index in [0.717, 1.165) is 12.8 Å². The molecular weight excluding hydrogens is 264 g/mol. The van der Waals surface area contributed by atoms with Gasteiger partial charge in [-0.1, -0.05) is 0 Å². The number of rotatable bonds is 4. The molecule has 0 bridgehead atoms. The van der Waals surface area contributed by atoms with Gasteiger partial charge in [-0.3, -0.25) is 0 Å². The Morgan fingerprint density at radius 3 is 2.90 bits per heavy atom. The molecule has 0 spiro atoms. The number of carbonyl (C=O) groups is 2. The van der Waals surface area contributed by atoms with Gasteiger partial charge in [-0.15, -0.1) is 0 Å². The number of carboxylic acid groups (broad SMARTS) is 1. The molecule has 0 radical (unpaired) electrons. The average Bonchev–Trinajstić information content (AvgIpc) is 2.94. The summed E-state index contributed by atoms with van der Waals surface area (Å²) < 4.78 is 5.05. The summed E-state index contributed by atoms with van der Waals surface area (Å²) in [6, 6.07) is 2.65. The van der Waals surface area contributed by atoms with Crippen LogP contribution in [-0.4, -0.2) is 46.8 Å². The highest BCUT2D eigenvalue weighted by atomic mass is 16.4. The van der Waals surface area contributed by atoms with Crippen molar-refractivity contribution in [2.75, 3.05) is 19.7 Å². The molecule has 110 valence electrons. The molecule has 1 aliphatic heterocycles. The second kappa shape index (κ2) is 6.42. The summed E-state index contributed by atoms with van der Waals surface area (Å²) >= 11 is 0. The second-order valence-electron chi connectivity index (χ2n) is 4.87. The highest BCUT2D eigenvalue weighted by Crippen LogP contribution is 2.16. The molecule has 2 amide bonds. The maximum Gasteiger partial charge on any atom is 0.371 e. The topological polar surface area (TPSA) is 103 Å². The van der Waals surface area contributed by atoms with E-state index in [2.05, 4.69) is 5.32 Å². The smallest absolute Gasteiger partial charge is 0.371 e. The number of piperidine rings is 1. The quantitative estimate of drug-likeness (QED) is 0.761. The Balaban J connectivity index is 1.83. The third-order valence-corrected chi connectivity index (χ3v) is 3.35. The third-order valence-electron chi connectivity index (χ3n) is 3.35. The monoisotopic (exact) mass is 282 g/mol. The standard InChI is InChI=1S/C13H18N2O5/c16-8-9-2-1-5-15(7-9)13(19)14-6-10-3-4-11(20-10)12(17)18/h3-4,9,16H,1-2,5-8H2,(H,14,19)(H,17,18). The van der Waals surface area contributed by atoms with Crippen molar-refractivity contribution in [2.45, 2.75) is 19.4 Å². The first-order valence-electron chi connectivity index (χ1n) is 6.55. The zero-order valence-electron chi connectivity index (χ0n) is 11.0. The van der Waals surface area contributed by atoms with Crippen LogP contribution in [0.2, 0.25) is 0 Å². The van der Waals surface area contributed by atoms with E-state index < -0.39 is 5.97 Å². The van der Waals surface area contributed by atoms with E-state index in [1.54, 1.807) is 4.90 Å². The Morgan fingerprint density at radius 2 is 2.25 bits per heavy atom. The van der Waals surface area contributed by atoms with Crippen molar-refractivity contribution in [1.82, 2.24) is 10.2 Å². The Morgan fingerprint density at radius 1 is 1.45 bits per heavy atom. The van der Waals surface area contributed by atoms with Gasteiger partial charge in [0.1, 0.15) is 5.76 Å². The fourth-order valence-corrected chi connectivity index (χ4v) is 2.26. The van der Waals surface area contributed by atoms with Gasteiger partial charge in [0.15, 0.2) is 0 Å². The summed E-state index contributed by atoms with van der Waals surface area (Å²) in [5.41, 5.74) is 0. The molecule has 2 heterocycles. The number of urea groups is 1. The van der Waals surface area contributed by atoms with Gasteiger partial charge in [-0.05, 0) is 30.9 Å². The molecule has 1 saturated heterocycles. The molecule has 0 aromatic carbocycles. The predicted molar refractivity (Wildman–Crippen MR) is 69.3 cm³/mol. The zero-order valence-corrected chi connectivity index (χ0v) is 11.0. The summed E-state index contributed by atoms with van der Waals surface area (Å²) in [4.78, 5) is 24.3. The molecule has 7 heteroatoms. The number of nitrogens with one attached hydrogen (secondary N) is 1. The Bertz CT molecular complexity index is 485. The largest absolute Gasteiger partial charge is 0.475 e. The van der Waals surface area contributed by atoms with Crippen molar-refractivity contribution < 1.29 is 24.2 Å². The molecule has 1 unspecified atom stereocenters. The summed E-state index contributed by atoms with van der Waals surface area (Å²) in [6.07, 6.45) is 1.81. The molecule has 1 fully saturated rings. The van der Waals surface area contributed by atoms with Crippen LogP contribution >= 0.6 is 0 Å². The lowest BCUT2D eigenvalue weighted by molar-refractivity contribution is 0.0660. The van der Waals surface area contributed by atoms with Crippen LogP contribution in [0.1, 0.15) is 29.2 Å². The number of hydrogen-bond donors (Lipinski definition) is 3. The minimum Gasteiger partial charge on any atom is -0.475 e. The first-order valence-corrected chi connectivity index (χ1v) is 6.55. The zero-order chi connectivity index (χ0) is 14.5. The van der Waals surface area contributed by atoms with Crippen molar-refractivity contribution in [1.29, 1.82) is 0 Å². The molecule has 1 aliphatic rings. The Hall–Kier alpha value is -2.02. The SMILES string of the molecule is O=C(O)c1ccc(CNC(=O)N2CCCC(CO)C2)o1. The van der Waals surface area contributed by atoms with Crippen molar-refractivity contribution in [3.8, 4) is 0 Å². The van der Waals surface area contributed by atoms with Crippen LogP contribution < -0.4 is 5.32 Å². The van der Waals surface area contributed by atoms with Gasteiger partial charge in [0.05, 0.1) is 6.54 Å². The van der Waals surface area contributed by atoms with Crippen molar-refractivity contribution >= 4 is 12.0 Å². The molecule has 7 nitrogen and oxygen atoms in total. The number of carboxylic acids is 1. The van der Waals surface area contributed by atoms with Crippen LogP contribution in [0.3, 0.4) is 0 Å². The number of hydrogen-bond acceptors (Lipinski definition) is 4. The van der Waals surface area contributed by atoms with E-state index >= 15 is 0 Å². The molecule has 0 saturated carbocycles. The number of aromatic carboxylic acids is 1. The molecular formula is C13H18N2O5. The number of furan rings is 1. The van der Waals surface area contributed by atoms with E-state index in [4.69, 9.17) is 14.6 Å². The highest BCUT2D eigenvalue weighted by molar-refractivity contribution is 5.84. The van der Waals surface area contributed by atoms with Gasteiger partial charge in [0.2, 0.25) is 5.76 Å². The maximum absolute atomic E-state index is 11.9. The van der Waals surface area contributed by atoms with Crippen LogP contribution in [0.4, 0.5) is 4.79 Å². The molecule has 3 N–H and O–H groups in total. The van der Waals surface area contributed by atoms with Gasteiger partial charge in [-0.25, -0.2) is 9.59 Å². The summed E-state index contributed by atoms with van der Waals surface area (Å²) in [5.74, 6) is -0.750. The minimum atomic E-state index is -1.13.